The second-order valence-corrected chi connectivity index (χ2v) is 11.2. The van der Waals surface area contributed by atoms with E-state index < -0.39 is 0 Å². The third kappa shape index (κ3) is 5.02. The van der Waals surface area contributed by atoms with Gasteiger partial charge >= 0.3 is 0 Å². The Labute approximate surface area is 212 Å². The molecule has 2 aromatic rings. The molecule has 34 heavy (non-hydrogen) atoms. The van der Waals surface area contributed by atoms with Crippen LogP contribution in [0.25, 0.3) is 0 Å². The van der Waals surface area contributed by atoms with Crippen molar-refractivity contribution in [3.8, 4) is 11.8 Å². The van der Waals surface area contributed by atoms with Gasteiger partial charge in [0, 0.05) is 36.6 Å². The van der Waals surface area contributed by atoms with Gasteiger partial charge in [-0.1, -0.05) is 78.7 Å². The van der Waals surface area contributed by atoms with Crippen molar-refractivity contribution in [2.24, 2.45) is 0 Å². The summed E-state index contributed by atoms with van der Waals surface area (Å²) in [6, 6.07) is 19.3. The standard InChI is InChI=1S/C28H32ClN3OS/c29-24-12-10-23(11-13-24)27(22-8-2-1-3-9-22)25-20-30-16-19-31(25)17-6-7-18-32-26(33)21-34-28(32)14-4-5-15-28/h1-3,8-13,25,27,30H,4-5,14-21H2. The van der Waals surface area contributed by atoms with Crippen LogP contribution in [0, 0.1) is 11.8 Å². The maximum Gasteiger partial charge on any atom is 0.234 e. The number of carbonyl (C=O) groups is 1. The molecule has 6 heteroatoms. The lowest BCUT2D eigenvalue weighted by Gasteiger charge is -2.40. The molecule has 1 amide bonds. The molecular weight excluding hydrogens is 462 g/mol. The van der Waals surface area contributed by atoms with Crippen molar-refractivity contribution >= 4 is 29.3 Å². The van der Waals surface area contributed by atoms with Crippen LogP contribution in [0.15, 0.2) is 54.6 Å². The van der Waals surface area contributed by atoms with Crippen molar-refractivity contribution in [3.63, 3.8) is 0 Å². The Morgan fingerprint density at radius 2 is 1.74 bits per heavy atom. The van der Waals surface area contributed by atoms with Crippen molar-refractivity contribution in [1.29, 1.82) is 0 Å². The van der Waals surface area contributed by atoms with Gasteiger partial charge in [0.2, 0.25) is 5.91 Å². The largest absolute Gasteiger partial charge is 0.316 e. The van der Waals surface area contributed by atoms with Gasteiger partial charge in [-0.3, -0.25) is 9.69 Å². The summed E-state index contributed by atoms with van der Waals surface area (Å²) >= 11 is 8.04. The van der Waals surface area contributed by atoms with Gasteiger partial charge in [-0.15, -0.1) is 11.8 Å². The Balaban J connectivity index is 1.33. The number of thioether (sulfide) groups is 1. The van der Waals surface area contributed by atoms with E-state index in [1.54, 1.807) is 0 Å². The normalized spacial score (nSPS) is 23.1. The summed E-state index contributed by atoms with van der Waals surface area (Å²) in [5.74, 6) is 7.89. The third-order valence-electron chi connectivity index (χ3n) is 7.46. The second-order valence-electron chi connectivity index (χ2n) is 9.46. The fourth-order valence-electron chi connectivity index (χ4n) is 5.71. The van der Waals surface area contributed by atoms with E-state index in [0.717, 1.165) is 37.5 Å². The number of amides is 1. The number of piperazine rings is 1. The predicted octanol–water partition coefficient (Wildman–Crippen LogP) is 4.59. The van der Waals surface area contributed by atoms with Crippen molar-refractivity contribution in [2.45, 2.75) is 42.5 Å². The molecular formula is C28H32ClN3OS. The van der Waals surface area contributed by atoms with E-state index in [1.807, 2.05) is 23.9 Å². The molecule has 2 atom stereocenters. The Morgan fingerprint density at radius 3 is 2.50 bits per heavy atom. The number of hydrogen-bond donors (Lipinski definition) is 1. The zero-order chi connectivity index (χ0) is 23.4. The monoisotopic (exact) mass is 493 g/mol. The van der Waals surface area contributed by atoms with Gasteiger partial charge < -0.3 is 10.2 Å². The molecule has 0 aromatic heterocycles. The molecule has 5 rings (SSSR count). The zero-order valence-electron chi connectivity index (χ0n) is 19.5. The van der Waals surface area contributed by atoms with Gasteiger partial charge in [0.25, 0.3) is 0 Å². The molecule has 3 aliphatic rings. The summed E-state index contributed by atoms with van der Waals surface area (Å²) in [5.41, 5.74) is 2.57. The lowest BCUT2D eigenvalue weighted by Crippen LogP contribution is -2.54. The van der Waals surface area contributed by atoms with Crippen LogP contribution in [0.2, 0.25) is 5.02 Å². The smallest absolute Gasteiger partial charge is 0.234 e. The number of nitrogens with zero attached hydrogens (tertiary/aromatic N) is 2. The lowest BCUT2D eigenvalue weighted by atomic mass is 9.83. The first kappa shape index (κ1) is 23.8. The highest BCUT2D eigenvalue weighted by molar-refractivity contribution is 8.01. The first-order valence-corrected chi connectivity index (χ1v) is 13.7. The summed E-state index contributed by atoms with van der Waals surface area (Å²) in [6.45, 7) is 4.10. The minimum absolute atomic E-state index is 0.0241. The summed E-state index contributed by atoms with van der Waals surface area (Å²) in [5, 5.41) is 4.36. The van der Waals surface area contributed by atoms with Gasteiger partial charge in [0.1, 0.15) is 0 Å². The molecule has 1 spiro atoms. The average Bonchev–Trinajstić information content (AvgIpc) is 3.47. The topological polar surface area (TPSA) is 35.6 Å². The molecule has 0 bridgehead atoms. The highest BCUT2D eigenvalue weighted by Crippen LogP contribution is 2.48. The van der Waals surface area contributed by atoms with Gasteiger partial charge in [-0.05, 0) is 36.1 Å². The number of nitrogens with one attached hydrogen (secondary N) is 1. The minimum Gasteiger partial charge on any atom is -0.316 e. The Morgan fingerprint density at radius 1 is 1.03 bits per heavy atom. The zero-order valence-corrected chi connectivity index (χ0v) is 21.1. The van der Waals surface area contributed by atoms with E-state index in [-0.39, 0.29) is 22.7 Å². The van der Waals surface area contributed by atoms with Crippen LogP contribution in [-0.2, 0) is 4.79 Å². The highest BCUT2D eigenvalue weighted by atomic mass is 35.5. The maximum absolute atomic E-state index is 12.5. The quantitative estimate of drug-likeness (QED) is 0.618. The van der Waals surface area contributed by atoms with E-state index in [1.165, 1.54) is 24.0 Å². The molecule has 2 unspecified atom stereocenters. The van der Waals surface area contributed by atoms with Gasteiger partial charge in [-0.25, -0.2) is 0 Å². The van der Waals surface area contributed by atoms with E-state index >= 15 is 0 Å². The van der Waals surface area contributed by atoms with Gasteiger partial charge in [-0.2, -0.15) is 0 Å². The van der Waals surface area contributed by atoms with E-state index in [0.29, 0.717) is 18.8 Å². The second kappa shape index (κ2) is 10.7. The number of carbonyl (C=O) groups excluding carboxylic acids is 1. The van der Waals surface area contributed by atoms with Crippen LogP contribution >= 0.6 is 23.4 Å². The van der Waals surface area contributed by atoms with Gasteiger partial charge in [0.15, 0.2) is 0 Å². The Bertz CT molecular complexity index is 1040. The van der Waals surface area contributed by atoms with Crippen LogP contribution in [0.1, 0.15) is 42.7 Å². The fraction of sp³-hybridized carbons (Fsp3) is 0.464. The third-order valence-corrected chi connectivity index (χ3v) is 9.27. The molecule has 178 valence electrons. The summed E-state index contributed by atoms with van der Waals surface area (Å²) in [6.07, 6.45) is 4.67. The molecule has 2 aliphatic heterocycles. The molecule has 2 aromatic carbocycles. The average molecular weight is 494 g/mol. The van der Waals surface area contributed by atoms with Crippen molar-refractivity contribution in [2.75, 3.05) is 38.5 Å². The van der Waals surface area contributed by atoms with E-state index in [9.17, 15) is 4.79 Å². The molecule has 1 aliphatic carbocycles. The van der Waals surface area contributed by atoms with Crippen LogP contribution in [0.3, 0.4) is 0 Å². The van der Waals surface area contributed by atoms with Crippen LogP contribution in [0.5, 0.6) is 0 Å². The van der Waals surface area contributed by atoms with Crippen molar-refractivity contribution < 1.29 is 4.79 Å². The maximum atomic E-state index is 12.5. The van der Waals surface area contributed by atoms with E-state index in [4.69, 9.17) is 11.6 Å². The lowest BCUT2D eigenvalue weighted by molar-refractivity contribution is -0.129. The van der Waals surface area contributed by atoms with E-state index in [2.05, 4.69) is 69.4 Å². The van der Waals surface area contributed by atoms with Crippen LogP contribution in [-0.4, -0.2) is 65.1 Å². The molecule has 0 radical (unpaired) electrons. The summed E-state index contributed by atoms with van der Waals surface area (Å²) in [7, 11) is 0. The summed E-state index contributed by atoms with van der Waals surface area (Å²) < 4.78 is 0. The first-order valence-electron chi connectivity index (χ1n) is 12.3. The number of benzene rings is 2. The van der Waals surface area contributed by atoms with Crippen LogP contribution < -0.4 is 5.32 Å². The van der Waals surface area contributed by atoms with Crippen molar-refractivity contribution in [1.82, 2.24) is 15.1 Å². The molecule has 4 nitrogen and oxygen atoms in total. The number of hydrogen-bond acceptors (Lipinski definition) is 4. The number of rotatable bonds is 5. The molecule has 2 heterocycles. The summed E-state index contributed by atoms with van der Waals surface area (Å²) in [4.78, 5) is 17.1. The minimum atomic E-state index is 0.0241. The number of halogens is 1. The van der Waals surface area contributed by atoms with Gasteiger partial charge in [0.05, 0.1) is 23.7 Å². The highest BCUT2D eigenvalue weighted by Gasteiger charge is 2.47. The first-order chi connectivity index (χ1) is 16.7. The molecule has 1 N–H and O–H groups in total. The fourth-order valence-corrected chi connectivity index (χ4v) is 7.28. The SMILES string of the molecule is O=C1CSC2(CCCC2)N1CC#CCN1CCNCC1C(c1ccccc1)c1ccc(Cl)cc1. The van der Waals surface area contributed by atoms with Crippen molar-refractivity contribution in [3.05, 3.63) is 70.7 Å². The Hall–Kier alpha value is -1.97. The van der Waals surface area contributed by atoms with Crippen LogP contribution in [0.4, 0.5) is 0 Å². The molecule has 1 saturated carbocycles. The molecule has 3 fully saturated rings. The predicted molar refractivity (Wildman–Crippen MR) is 141 cm³/mol. The Kier molecular flexibility index (Phi) is 7.51. The molecule has 2 saturated heterocycles.